The summed E-state index contributed by atoms with van der Waals surface area (Å²) in [5.74, 6) is -1.51. The highest BCUT2D eigenvalue weighted by Crippen LogP contribution is 2.29. The molecule has 21 heavy (non-hydrogen) atoms. The zero-order chi connectivity index (χ0) is 15.6. The predicted molar refractivity (Wildman–Crippen MR) is 73.9 cm³/mol. The number of hydrogen-bond acceptors (Lipinski definition) is 6. The fraction of sp³-hybridized carbons (Fsp3) is 0.417. The molecular weight excluding hydrogens is 300 g/mol. The van der Waals surface area contributed by atoms with Crippen LogP contribution in [0.2, 0.25) is 0 Å². The van der Waals surface area contributed by atoms with E-state index in [1.165, 1.54) is 12.1 Å². The third kappa shape index (κ3) is 3.48. The van der Waals surface area contributed by atoms with Gasteiger partial charge in [-0.3, -0.25) is 14.9 Å². The van der Waals surface area contributed by atoms with E-state index in [4.69, 9.17) is 0 Å². The van der Waals surface area contributed by atoms with Crippen LogP contribution in [-0.2, 0) is 9.84 Å². The molecule has 114 valence electrons. The molecule has 0 aliphatic carbocycles. The summed E-state index contributed by atoms with van der Waals surface area (Å²) in [7, 11) is -3.18. The maximum absolute atomic E-state index is 12.0. The van der Waals surface area contributed by atoms with Crippen LogP contribution in [0, 0.1) is 10.1 Å². The molecule has 0 saturated carbocycles. The highest BCUT2D eigenvalue weighted by atomic mass is 32.2. The molecular formula is C12H14N2O6S. The molecule has 9 heteroatoms. The Morgan fingerprint density at radius 3 is 2.76 bits per heavy atom. The average Bonchev–Trinajstić information content (AvgIpc) is 2.37. The van der Waals surface area contributed by atoms with Gasteiger partial charge in [0.15, 0.2) is 9.84 Å². The Kier molecular flexibility index (Phi) is 4.12. The number of phenolic OH excluding ortho intramolecular Hbond substituents is 1. The van der Waals surface area contributed by atoms with Crippen LogP contribution in [0.25, 0.3) is 0 Å². The number of nitrogens with one attached hydrogen (secondary N) is 1. The van der Waals surface area contributed by atoms with Crippen LogP contribution in [0.3, 0.4) is 0 Å². The molecule has 1 atom stereocenters. The van der Waals surface area contributed by atoms with Gasteiger partial charge in [0.25, 0.3) is 5.91 Å². The lowest BCUT2D eigenvalue weighted by molar-refractivity contribution is -0.385. The second-order valence-corrected chi connectivity index (χ2v) is 7.09. The zero-order valence-corrected chi connectivity index (χ0v) is 11.8. The van der Waals surface area contributed by atoms with Gasteiger partial charge in [0.05, 0.1) is 22.0 Å². The van der Waals surface area contributed by atoms with Crippen molar-refractivity contribution in [3.8, 4) is 5.75 Å². The quantitative estimate of drug-likeness (QED) is 0.621. The van der Waals surface area contributed by atoms with E-state index in [0.29, 0.717) is 12.8 Å². The number of carbonyl (C=O) groups is 1. The number of carbonyl (C=O) groups excluding carboxylic acids is 1. The normalized spacial score (nSPS) is 20.7. The molecule has 1 unspecified atom stereocenters. The molecule has 1 amide bonds. The molecule has 0 radical (unpaired) electrons. The molecule has 0 aromatic heterocycles. The lowest BCUT2D eigenvalue weighted by Crippen LogP contribution is -2.43. The second kappa shape index (κ2) is 5.68. The van der Waals surface area contributed by atoms with E-state index in [0.717, 1.165) is 6.07 Å². The van der Waals surface area contributed by atoms with Crippen LogP contribution in [-0.4, -0.2) is 41.9 Å². The summed E-state index contributed by atoms with van der Waals surface area (Å²) in [6, 6.07) is 3.06. The Hall–Kier alpha value is -2.16. The number of nitro benzene ring substituents is 1. The lowest BCUT2D eigenvalue weighted by Gasteiger charge is -2.23. The van der Waals surface area contributed by atoms with E-state index < -0.39 is 38.1 Å². The van der Waals surface area contributed by atoms with Gasteiger partial charge in [-0.1, -0.05) is 6.07 Å². The maximum Gasteiger partial charge on any atom is 0.311 e. The van der Waals surface area contributed by atoms with E-state index in [1.54, 1.807) is 0 Å². The molecule has 8 nitrogen and oxygen atoms in total. The van der Waals surface area contributed by atoms with Crippen molar-refractivity contribution in [2.24, 2.45) is 0 Å². The molecule has 1 aromatic carbocycles. The van der Waals surface area contributed by atoms with Gasteiger partial charge in [-0.05, 0) is 18.9 Å². The highest BCUT2D eigenvalue weighted by Gasteiger charge is 2.28. The van der Waals surface area contributed by atoms with E-state index in [-0.39, 0.29) is 17.1 Å². The van der Waals surface area contributed by atoms with Crippen LogP contribution < -0.4 is 5.32 Å². The summed E-state index contributed by atoms with van der Waals surface area (Å²) < 4.78 is 23.0. The number of amides is 1. The van der Waals surface area contributed by atoms with Crippen LogP contribution >= 0.6 is 0 Å². The first-order valence-electron chi connectivity index (χ1n) is 6.28. The maximum atomic E-state index is 12.0. The smallest absolute Gasteiger partial charge is 0.311 e. The summed E-state index contributed by atoms with van der Waals surface area (Å²) in [4.78, 5) is 21.9. The fourth-order valence-corrected chi connectivity index (χ4v) is 3.90. The first-order chi connectivity index (χ1) is 9.80. The van der Waals surface area contributed by atoms with Gasteiger partial charge in [-0.2, -0.15) is 0 Å². The summed E-state index contributed by atoms with van der Waals surface area (Å²) >= 11 is 0. The van der Waals surface area contributed by atoms with E-state index >= 15 is 0 Å². The Morgan fingerprint density at radius 2 is 2.14 bits per heavy atom. The number of sulfone groups is 1. The summed E-state index contributed by atoms with van der Waals surface area (Å²) in [5.41, 5.74) is -0.814. The minimum atomic E-state index is -3.18. The monoisotopic (exact) mass is 314 g/mol. The van der Waals surface area contributed by atoms with Crippen molar-refractivity contribution in [2.75, 3.05) is 11.5 Å². The van der Waals surface area contributed by atoms with E-state index in [9.17, 15) is 28.4 Å². The van der Waals surface area contributed by atoms with Crippen LogP contribution in [0.15, 0.2) is 18.2 Å². The zero-order valence-electron chi connectivity index (χ0n) is 11.0. The van der Waals surface area contributed by atoms with Gasteiger partial charge in [-0.15, -0.1) is 0 Å². The van der Waals surface area contributed by atoms with Crippen molar-refractivity contribution < 1.29 is 23.2 Å². The van der Waals surface area contributed by atoms with E-state index in [1.807, 2.05) is 0 Å². The lowest BCUT2D eigenvalue weighted by atomic mass is 10.1. The van der Waals surface area contributed by atoms with Crippen LogP contribution in [0.5, 0.6) is 5.75 Å². The number of aromatic hydroxyl groups is 1. The van der Waals surface area contributed by atoms with Crippen molar-refractivity contribution >= 4 is 21.4 Å². The number of hydrogen-bond donors (Lipinski definition) is 2. The van der Waals surface area contributed by atoms with Crippen LogP contribution in [0.4, 0.5) is 5.69 Å². The minimum Gasteiger partial charge on any atom is -0.502 e. The first-order valence-corrected chi connectivity index (χ1v) is 8.10. The van der Waals surface area contributed by atoms with Gasteiger partial charge in [-0.25, -0.2) is 8.42 Å². The molecule has 1 aromatic rings. The van der Waals surface area contributed by atoms with Gasteiger partial charge in [0.2, 0.25) is 5.75 Å². The number of rotatable bonds is 3. The third-order valence-electron chi connectivity index (χ3n) is 3.25. The molecule has 1 fully saturated rings. The number of benzene rings is 1. The molecule has 0 spiro atoms. The number of para-hydroxylation sites is 1. The van der Waals surface area contributed by atoms with Crippen molar-refractivity contribution in [3.63, 3.8) is 0 Å². The van der Waals surface area contributed by atoms with Crippen molar-refractivity contribution in [2.45, 2.75) is 18.9 Å². The Labute approximate surface area is 120 Å². The van der Waals surface area contributed by atoms with Crippen molar-refractivity contribution in [3.05, 3.63) is 33.9 Å². The fourth-order valence-electron chi connectivity index (χ4n) is 2.26. The standard InChI is InChI=1S/C12H14N2O6S/c15-11-9(4-1-5-10(11)14(17)18)12(16)13-8-3-2-6-21(19,20)7-8/h1,4-5,8,15H,2-3,6-7H2,(H,13,16). The molecule has 1 aliphatic rings. The minimum absolute atomic E-state index is 0.0986. The number of phenols is 1. The highest BCUT2D eigenvalue weighted by molar-refractivity contribution is 7.91. The predicted octanol–water partition coefficient (Wildman–Crippen LogP) is 0.607. The summed E-state index contributed by atoms with van der Waals surface area (Å²) in [6.45, 7) is 0. The second-order valence-electron chi connectivity index (χ2n) is 4.86. The third-order valence-corrected chi connectivity index (χ3v) is 5.08. The Balaban J connectivity index is 2.18. The van der Waals surface area contributed by atoms with Gasteiger partial charge in [0.1, 0.15) is 0 Å². The van der Waals surface area contributed by atoms with E-state index in [2.05, 4.69) is 5.32 Å². The average molecular weight is 314 g/mol. The summed E-state index contributed by atoms with van der Waals surface area (Å²) in [6.07, 6.45) is 0.967. The number of nitrogens with zero attached hydrogens (tertiary/aromatic N) is 1. The summed E-state index contributed by atoms with van der Waals surface area (Å²) in [5, 5.41) is 22.9. The first kappa shape index (κ1) is 15.2. The Morgan fingerprint density at radius 1 is 1.43 bits per heavy atom. The molecule has 2 N–H and O–H groups in total. The largest absolute Gasteiger partial charge is 0.502 e. The topological polar surface area (TPSA) is 127 Å². The SMILES string of the molecule is O=C(NC1CCCS(=O)(=O)C1)c1cccc([N+](=O)[O-])c1O. The van der Waals surface area contributed by atoms with Gasteiger partial charge >= 0.3 is 5.69 Å². The number of nitro groups is 1. The molecule has 1 heterocycles. The van der Waals surface area contributed by atoms with Crippen molar-refractivity contribution in [1.29, 1.82) is 0 Å². The molecule has 2 rings (SSSR count). The van der Waals surface area contributed by atoms with Gasteiger partial charge in [0, 0.05) is 12.1 Å². The van der Waals surface area contributed by atoms with Crippen LogP contribution in [0.1, 0.15) is 23.2 Å². The molecule has 1 aliphatic heterocycles. The van der Waals surface area contributed by atoms with Gasteiger partial charge < -0.3 is 10.4 Å². The molecule has 0 bridgehead atoms. The Bertz CT molecular complexity index is 685. The van der Waals surface area contributed by atoms with Crippen molar-refractivity contribution in [1.82, 2.24) is 5.32 Å². The molecule has 1 saturated heterocycles.